The molecule has 184 valence electrons. The topological polar surface area (TPSA) is 35.5 Å². The predicted molar refractivity (Wildman–Crippen MR) is 133 cm³/mol. The second-order valence-electron chi connectivity index (χ2n) is 9.89. The number of likely N-dealkylation sites (N-methyl/N-ethyl adjacent to an activating group) is 1. The number of unbranched alkanes of at least 4 members (excludes halogenated alkanes) is 12. The number of rotatable bonds is 23. The van der Waals surface area contributed by atoms with E-state index in [0.29, 0.717) is 13.0 Å². The van der Waals surface area contributed by atoms with Crippen molar-refractivity contribution < 1.29 is 18.8 Å². The Labute approximate surface area is 194 Å². The highest BCUT2D eigenvalue weighted by atomic mass is 16.5. The first-order valence-corrected chi connectivity index (χ1v) is 13.1. The number of hydrogen-bond acceptors (Lipinski definition) is 3. The van der Waals surface area contributed by atoms with E-state index < -0.39 is 0 Å². The van der Waals surface area contributed by atoms with Crippen LogP contribution in [0.25, 0.3) is 0 Å². The minimum absolute atomic E-state index is 0.0384. The van der Waals surface area contributed by atoms with Crippen LogP contribution < -0.4 is 0 Å². The van der Waals surface area contributed by atoms with E-state index in [2.05, 4.69) is 40.2 Å². The maximum atomic E-state index is 11.8. The molecule has 0 N–H and O–H groups in total. The lowest BCUT2D eigenvalue weighted by atomic mass is 10.1. The Balaban J connectivity index is 3.25. The van der Waals surface area contributed by atoms with Gasteiger partial charge in [-0.2, -0.15) is 0 Å². The van der Waals surface area contributed by atoms with Crippen LogP contribution in [0.3, 0.4) is 0 Å². The lowest BCUT2D eigenvalue weighted by molar-refractivity contribution is -0.870. The number of carbonyl (C=O) groups is 1. The number of esters is 1. The third kappa shape index (κ3) is 27.1. The molecule has 0 spiro atoms. The molecule has 0 aliphatic heterocycles. The molecule has 4 heteroatoms. The predicted octanol–water partition coefficient (Wildman–Crippen LogP) is 7.07. The zero-order valence-corrected chi connectivity index (χ0v) is 21.5. The zero-order valence-electron chi connectivity index (χ0n) is 21.5. The van der Waals surface area contributed by atoms with Crippen LogP contribution in [-0.2, 0) is 14.3 Å². The van der Waals surface area contributed by atoms with Gasteiger partial charge in [-0.1, -0.05) is 70.4 Å². The second kappa shape index (κ2) is 22.3. The van der Waals surface area contributed by atoms with Crippen LogP contribution in [0.15, 0.2) is 12.2 Å². The molecular formula is C27H54NO3+. The average Bonchev–Trinajstić information content (AvgIpc) is 2.72. The average molecular weight is 441 g/mol. The summed E-state index contributed by atoms with van der Waals surface area (Å²) in [5, 5.41) is 0. The van der Waals surface area contributed by atoms with E-state index in [0.717, 1.165) is 49.9 Å². The molecule has 0 aromatic rings. The quantitative estimate of drug-likeness (QED) is 0.0737. The molecule has 0 fully saturated rings. The van der Waals surface area contributed by atoms with Gasteiger partial charge < -0.3 is 14.0 Å². The standard InChI is InChI=1S/C27H54NO3/c1-5-6-7-8-9-10-11-12-13-14-15-16-17-18-19-22-27(29)31-25-21-20-24-30-26-23-28(2,3)4/h12-13H,5-11,14-26H2,1-4H3/q+1/b13-12-. The first-order valence-electron chi connectivity index (χ1n) is 13.1. The van der Waals surface area contributed by atoms with Gasteiger partial charge in [-0.25, -0.2) is 0 Å². The van der Waals surface area contributed by atoms with E-state index in [9.17, 15) is 4.79 Å². The lowest BCUT2D eigenvalue weighted by Crippen LogP contribution is -2.37. The van der Waals surface area contributed by atoms with Crippen molar-refractivity contribution in [2.75, 3.05) is 47.5 Å². The molecule has 0 aliphatic carbocycles. The summed E-state index contributed by atoms with van der Waals surface area (Å²) in [7, 11) is 6.50. The van der Waals surface area contributed by atoms with Gasteiger partial charge in [0.2, 0.25) is 0 Å². The number of hydrogen-bond donors (Lipinski definition) is 0. The van der Waals surface area contributed by atoms with Crippen LogP contribution >= 0.6 is 0 Å². The maximum Gasteiger partial charge on any atom is 0.305 e. The summed E-state index contributed by atoms with van der Waals surface area (Å²) in [6.07, 6.45) is 23.7. The minimum Gasteiger partial charge on any atom is -0.466 e. The lowest BCUT2D eigenvalue weighted by Gasteiger charge is -2.23. The van der Waals surface area contributed by atoms with E-state index >= 15 is 0 Å². The third-order valence-corrected chi connectivity index (χ3v) is 5.50. The maximum absolute atomic E-state index is 11.8. The van der Waals surface area contributed by atoms with Gasteiger partial charge >= 0.3 is 5.97 Å². The molecule has 0 atom stereocenters. The summed E-state index contributed by atoms with van der Waals surface area (Å²) in [5.41, 5.74) is 0. The largest absolute Gasteiger partial charge is 0.466 e. The minimum atomic E-state index is -0.0384. The van der Waals surface area contributed by atoms with Gasteiger partial charge in [0.25, 0.3) is 0 Å². The monoisotopic (exact) mass is 440 g/mol. The smallest absolute Gasteiger partial charge is 0.305 e. The van der Waals surface area contributed by atoms with Crippen molar-refractivity contribution in [1.29, 1.82) is 0 Å². The summed E-state index contributed by atoms with van der Waals surface area (Å²) in [5.74, 6) is -0.0384. The Morgan fingerprint density at radius 3 is 1.84 bits per heavy atom. The fourth-order valence-corrected chi connectivity index (χ4v) is 3.34. The highest BCUT2D eigenvalue weighted by Gasteiger charge is 2.06. The van der Waals surface area contributed by atoms with Gasteiger partial charge in [0.05, 0.1) is 34.4 Å². The molecule has 0 radical (unpaired) electrons. The zero-order chi connectivity index (χ0) is 23.0. The third-order valence-electron chi connectivity index (χ3n) is 5.50. The molecule has 0 aromatic carbocycles. The van der Waals surface area contributed by atoms with Crippen molar-refractivity contribution in [3.63, 3.8) is 0 Å². The number of ether oxygens (including phenoxy) is 2. The molecule has 0 amide bonds. The molecule has 0 unspecified atom stereocenters. The molecule has 0 aromatic heterocycles. The van der Waals surface area contributed by atoms with E-state index in [1.54, 1.807) is 0 Å². The van der Waals surface area contributed by atoms with Gasteiger partial charge in [0, 0.05) is 13.0 Å². The van der Waals surface area contributed by atoms with E-state index in [4.69, 9.17) is 9.47 Å². The van der Waals surface area contributed by atoms with Gasteiger partial charge in [-0.3, -0.25) is 4.79 Å². The summed E-state index contributed by atoms with van der Waals surface area (Å²) in [6, 6.07) is 0. The molecule has 0 saturated carbocycles. The summed E-state index contributed by atoms with van der Waals surface area (Å²) >= 11 is 0. The van der Waals surface area contributed by atoms with Crippen LogP contribution in [0.5, 0.6) is 0 Å². The summed E-state index contributed by atoms with van der Waals surface area (Å²) in [6.45, 7) is 5.37. The Morgan fingerprint density at radius 1 is 0.677 bits per heavy atom. The molecule has 0 heterocycles. The van der Waals surface area contributed by atoms with Gasteiger partial charge in [0.15, 0.2) is 0 Å². The Bertz CT molecular complexity index is 415. The van der Waals surface area contributed by atoms with Gasteiger partial charge in [-0.05, 0) is 44.9 Å². The molecular weight excluding hydrogens is 386 g/mol. The first-order chi connectivity index (χ1) is 15.0. The Hall–Kier alpha value is -0.870. The van der Waals surface area contributed by atoms with Crippen LogP contribution in [0.2, 0.25) is 0 Å². The fourth-order valence-electron chi connectivity index (χ4n) is 3.34. The second-order valence-corrected chi connectivity index (χ2v) is 9.89. The van der Waals surface area contributed by atoms with Crippen LogP contribution in [0.1, 0.15) is 110 Å². The SMILES string of the molecule is CCCCCCCC/C=C\CCCCCCCC(=O)OCCCCOCC[N+](C)(C)C. The highest BCUT2D eigenvalue weighted by molar-refractivity contribution is 5.69. The van der Waals surface area contributed by atoms with Crippen molar-refractivity contribution in [3.8, 4) is 0 Å². The van der Waals surface area contributed by atoms with Crippen LogP contribution in [0, 0.1) is 0 Å². The van der Waals surface area contributed by atoms with Crippen molar-refractivity contribution in [3.05, 3.63) is 12.2 Å². The number of quaternary nitrogens is 1. The van der Waals surface area contributed by atoms with Crippen molar-refractivity contribution in [2.45, 2.75) is 110 Å². The van der Waals surface area contributed by atoms with Crippen LogP contribution in [-0.4, -0.2) is 58.0 Å². The molecule has 4 nitrogen and oxygen atoms in total. The van der Waals surface area contributed by atoms with E-state index in [1.165, 1.54) is 70.6 Å². The summed E-state index contributed by atoms with van der Waals surface area (Å²) < 4.78 is 11.9. The molecule has 0 aliphatic rings. The molecule has 0 saturated heterocycles. The van der Waals surface area contributed by atoms with Gasteiger partial charge in [-0.15, -0.1) is 0 Å². The Morgan fingerprint density at radius 2 is 1.23 bits per heavy atom. The number of nitrogens with zero attached hydrogens (tertiary/aromatic N) is 1. The first kappa shape index (κ1) is 30.1. The van der Waals surface area contributed by atoms with E-state index in [1.807, 2.05) is 0 Å². The molecule has 0 rings (SSSR count). The summed E-state index contributed by atoms with van der Waals surface area (Å²) in [4.78, 5) is 11.8. The van der Waals surface area contributed by atoms with Crippen LogP contribution in [0.4, 0.5) is 0 Å². The number of carbonyl (C=O) groups excluding carboxylic acids is 1. The van der Waals surface area contributed by atoms with Gasteiger partial charge in [0.1, 0.15) is 6.54 Å². The molecule has 0 bridgehead atoms. The Kier molecular flexibility index (Phi) is 21.7. The van der Waals surface area contributed by atoms with Crippen molar-refractivity contribution >= 4 is 5.97 Å². The fraction of sp³-hybridized carbons (Fsp3) is 0.889. The molecule has 31 heavy (non-hydrogen) atoms. The van der Waals surface area contributed by atoms with E-state index in [-0.39, 0.29) is 5.97 Å². The number of allylic oxidation sites excluding steroid dienone is 2. The van der Waals surface area contributed by atoms with Crippen molar-refractivity contribution in [1.82, 2.24) is 0 Å². The van der Waals surface area contributed by atoms with Crippen molar-refractivity contribution in [2.24, 2.45) is 0 Å². The normalized spacial score (nSPS) is 12.0. The highest BCUT2D eigenvalue weighted by Crippen LogP contribution is 2.10.